The van der Waals surface area contributed by atoms with Crippen molar-refractivity contribution in [3.05, 3.63) is 40.6 Å². The van der Waals surface area contributed by atoms with Crippen molar-refractivity contribution in [3.63, 3.8) is 0 Å². The number of nitrogens with zero attached hydrogens (tertiary/aromatic N) is 2. The minimum absolute atomic E-state index is 0.0230. The molecule has 0 saturated heterocycles. The first-order chi connectivity index (χ1) is 9.91. The van der Waals surface area contributed by atoms with Crippen molar-refractivity contribution in [1.29, 1.82) is 0 Å². The van der Waals surface area contributed by atoms with Gasteiger partial charge < -0.3 is 9.88 Å². The fraction of sp³-hybridized carbons (Fsp3) is 0.357. The zero-order valence-electron chi connectivity index (χ0n) is 11.4. The summed E-state index contributed by atoms with van der Waals surface area (Å²) in [5.74, 6) is 0.541. The van der Waals surface area contributed by atoms with Gasteiger partial charge in [-0.2, -0.15) is 13.2 Å². The monoisotopic (exact) mass is 361 g/mol. The number of alkyl halides is 3. The smallest absolute Gasteiger partial charge is 0.326 e. The summed E-state index contributed by atoms with van der Waals surface area (Å²) in [6.07, 6.45) is 1.06. The van der Waals surface area contributed by atoms with Crippen LogP contribution in [0.2, 0.25) is 0 Å². The molecule has 0 unspecified atom stereocenters. The molecule has 0 bridgehead atoms. The molecule has 0 atom stereocenters. The second kappa shape index (κ2) is 6.51. The van der Waals surface area contributed by atoms with Crippen molar-refractivity contribution < 1.29 is 13.2 Å². The van der Waals surface area contributed by atoms with Crippen LogP contribution in [0.1, 0.15) is 25.3 Å². The quantitative estimate of drug-likeness (QED) is 0.792. The highest BCUT2D eigenvalue weighted by Crippen LogP contribution is 2.36. The second-order valence-corrected chi connectivity index (χ2v) is 5.47. The molecule has 1 N–H and O–H groups in total. The lowest BCUT2D eigenvalue weighted by Crippen LogP contribution is -2.08. The highest BCUT2D eigenvalue weighted by atomic mass is 79.9. The Morgan fingerprint density at radius 3 is 2.76 bits per heavy atom. The van der Waals surface area contributed by atoms with E-state index in [9.17, 15) is 13.2 Å². The Balaban J connectivity index is 2.22. The number of nitrogens with one attached hydrogen (secondary N) is 1. The Kier molecular flexibility index (Phi) is 4.92. The summed E-state index contributed by atoms with van der Waals surface area (Å²) >= 11 is 2.92. The molecule has 1 aromatic carbocycles. The van der Waals surface area contributed by atoms with Crippen LogP contribution < -0.4 is 5.32 Å². The maximum atomic E-state index is 12.9. The molecule has 0 saturated carbocycles. The molecule has 0 radical (unpaired) electrons. The Hall–Kier alpha value is -1.50. The van der Waals surface area contributed by atoms with Crippen LogP contribution in [0.5, 0.6) is 0 Å². The maximum absolute atomic E-state index is 12.9. The van der Waals surface area contributed by atoms with E-state index in [0.29, 0.717) is 11.6 Å². The summed E-state index contributed by atoms with van der Waals surface area (Å²) in [5, 5.41) is 2.93. The largest absolute Gasteiger partial charge is 0.417 e. The third-order valence-corrected chi connectivity index (χ3v) is 3.69. The molecular formula is C14H15BrF3N3. The number of unbranched alkanes of at least 4 members (excludes halogenated alkanes) is 1. The van der Waals surface area contributed by atoms with Crippen LogP contribution in [0, 0.1) is 0 Å². The zero-order valence-corrected chi connectivity index (χ0v) is 13.0. The summed E-state index contributed by atoms with van der Waals surface area (Å²) in [6.45, 7) is 2.86. The van der Waals surface area contributed by atoms with Crippen molar-refractivity contribution in [2.45, 2.75) is 32.5 Å². The van der Waals surface area contributed by atoms with Gasteiger partial charge in [-0.3, -0.25) is 0 Å². The number of hydrogen-bond acceptors (Lipinski definition) is 2. The molecule has 1 aromatic heterocycles. The number of imidazole rings is 1. The highest BCUT2D eigenvalue weighted by molar-refractivity contribution is 9.10. The summed E-state index contributed by atoms with van der Waals surface area (Å²) < 4.78 is 40.5. The minimum atomic E-state index is -4.39. The second-order valence-electron chi connectivity index (χ2n) is 4.62. The molecule has 0 fully saturated rings. The van der Waals surface area contributed by atoms with Gasteiger partial charge in [-0.15, -0.1) is 0 Å². The minimum Gasteiger partial charge on any atom is -0.326 e. The average molecular weight is 362 g/mol. The Labute approximate surface area is 129 Å². The molecule has 2 aromatic rings. The van der Waals surface area contributed by atoms with Gasteiger partial charge in [-0.1, -0.05) is 29.3 Å². The third-order valence-electron chi connectivity index (χ3n) is 3.00. The van der Waals surface area contributed by atoms with E-state index in [1.54, 1.807) is 12.3 Å². The van der Waals surface area contributed by atoms with Gasteiger partial charge in [0.2, 0.25) is 5.95 Å². The number of rotatable bonds is 5. The molecule has 2 rings (SSSR count). The lowest BCUT2D eigenvalue weighted by Gasteiger charge is -2.13. The van der Waals surface area contributed by atoms with Gasteiger partial charge in [0.15, 0.2) is 0 Å². The number of aryl methyl sites for hydroxylation is 1. The summed E-state index contributed by atoms with van der Waals surface area (Å²) in [5.41, 5.74) is -0.353. The van der Waals surface area contributed by atoms with E-state index in [-0.39, 0.29) is 4.47 Å². The molecule has 0 spiro atoms. The van der Waals surface area contributed by atoms with Gasteiger partial charge in [0.25, 0.3) is 0 Å². The Bertz CT molecular complexity index is 608. The maximum Gasteiger partial charge on any atom is 0.417 e. The lowest BCUT2D eigenvalue weighted by molar-refractivity contribution is -0.138. The molecule has 0 amide bonds. The molecule has 7 heteroatoms. The van der Waals surface area contributed by atoms with Crippen LogP contribution in [0.4, 0.5) is 24.8 Å². The zero-order chi connectivity index (χ0) is 15.5. The first-order valence-electron chi connectivity index (χ1n) is 6.56. The summed E-state index contributed by atoms with van der Waals surface area (Å²) in [7, 11) is 0. The molecule has 0 aliphatic rings. The molecule has 21 heavy (non-hydrogen) atoms. The van der Waals surface area contributed by atoms with Gasteiger partial charge in [0, 0.05) is 29.1 Å². The van der Waals surface area contributed by atoms with E-state index in [1.165, 1.54) is 6.07 Å². The SMILES string of the molecule is CCCCn1ccnc1Nc1ccc(Br)c(C(F)(F)F)c1. The average Bonchev–Trinajstić information content (AvgIpc) is 2.84. The van der Waals surface area contributed by atoms with Crippen LogP contribution in [-0.2, 0) is 12.7 Å². The normalized spacial score (nSPS) is 11.7. The van der Waals surface area contributed by atoms with Gasteiger partial charge in [0.05, 0.1) is 5.56 Å². The predicted octanol–water partition coefficient (Wildman–Crippen LogP) is 5.21. The highest BCUT2D eigenvalue weighted by Gasteiger charge is 2.33. The van der Waals surface area contributed by atoms with Gasteiger partial charge in [-0.05, 0) is 24.6 Å². The third kappa shape index (κ3) is 4.00. The lowest BCUT2D eigenvalue weighted by atomic mass is 10.2. The molecule has 0 aliphatic heterocycles. The van der Waals surface area contributed by atoms with Crippen molar-refractivity contribution in [2.24, 2.45) is 0 Å². The molecule has 0 aliphatic carbocycles. The Morgan fingerprint density at radius 2 is 2.10 bits per heavy atom. The van der Waals surface area contributed by atoms with E-state index in [1.807, 2.05) is 10.8 Å². The van der Waals surface area contributed by atoms with Crippen molar-refractivity contribution in [2.75, 3.05) is 5.32 Å². The molecule has 3 nitrogen and oxygen atoms in total. The van der Waals surface area contributed by atoms with Crippen LogP contribution in [0.3, 0.4) is 0 Å². The molecular weight excluding hydrogens is 347 g/mol. The van der Waals surface area contributed by atoms with Gasteiger partial charge in [0.1, 0.15) is 0 Å². The van der Waals surface area contributed by atoms with E-state index in [2.05, 4.69) is 33.2 Å². The Morgan fingerprint density at radius 1 is 1.33 bits per heavy atom. The van der Waals surface area contributed by atoms with Crippen LogP contribution in [0.15, 0.2) is 35.1 Å². The van der Waals surface area contributed by atoms with Crippen LogP contribution in [0.25, 0.3) is 0 Å². The number of halogens is 4. The fourth-order valence-corrected chi connectivity index (χ4v) is 2.36. The number of hydrogen-bond donors (Lipinski definition) is 1. The van der Waals surface area contributed by atoms with E-state index in [4.69, 9.17) is 0 Å². The van der Waals surface area contributed by atoms with Crippen LogP contribution in [-0.4, -0.2) is 9.55 Å². The topological polar surface area (TPSA) is 29.9 Å². The van der Waals surface area contributed by atoms with Crippen molar-refractivity contribution >= 4 is 27.6 Å². The molecule has 1 heterocycles. The first kappa shape index (κ1) is 15.9. The number of benzene rings is 1. The van der Waals surface area contributed by atoms with Crippen molar-refractivity contribution in [1.82, 2.24) is 9.55 Å². The van der Waals surface area contributed by atoms with E-state index >= 15 is 0 Å². The van der Waals surface area contributed by atoms with E-state index in [0.717, 1.165) is 25.5 Å². The van der Waals surface area contributed by atoms with E-state index < -0.39 is 11.7 Å². The fourth-order valence-electron chi connectivity index (χ4n) is 1.89. The predicted molar refractivity (Wildman–Crippen MR) is 79.6 cm³/mol. The standard InChI is InChI=1S/C14H15BrF3N3/c1-2-3-7-21-8-6-19-13(21)20-10-4-5-12(15)11(9-10)14(16,17)18/h4-6,8-9H,2-3,7H2,1H3,(H,19,20). The summed E-state index contributed by atoms with van der Waals surface area (Å²) in [6, 6.07) is 4.03. The van der Waals surface area contributed by atoms with Gasteiger partial charge >= 0.3 is 6.18 Å². The number of aromatic nitrogens is 2. The van der Waals surface area contributed by atoms with Crippen LogP contribution >= 0.6 is 15.9 Å². The molecule has 114 valence electrons. The van der Waals surface area contributed by atoms with Crippen molar-refractivity contribution in [3.8, 4) is 0 Å². The van der Waals surface area contributed by atoms with Gasteiger partial charge in [-0.25, -0.2) is 4.98 Å². The first-order valence-corrected chi connectivity index (χ1v) is 7.36. The number of anilines is 2. The summed E-state index contributed by atoms with van der Waals surface area (Å²) in [4.78, 5) is 4.14.